The standard InChI is InChI=1S/C20H18N2O5/c1-25-16-12-17(26-2)22-18(19(16)23)20(24)21-13-8-10-15(11-9-13)27-14-6-4-3-5-7-14/h3-12,23H,1-2H3,(H,21,24). The molecule has 0 aliphatic heterocycles. The zero-order valence-electron chi connectivity index (χ0n) is 14.8. The van der Waals surface area contributed by atoms with Gasteiger partial charge in [-0.1, -0.05) is 18.2 Å². The number of carbonyl (C=O) groups excluding carboxylic acids is 1. The summed E-state index contributed by atoms with van der Waals surface area (Å²) in [5.41, 5.74) is 0.319. The van der Waals surface area contributed by atoms with Gasteiger partial charge in [-0.2, -0.15) is 0 Å². The van der Waals surface area contributed by atoms with Gasteiger partial charge in [0.1, 0.15) is 11.5 Å². The molecule has 2 aromatic carbocycles. The monoisotopic (exact) mass is 366 g/mol. The van der Waals surface area contributed by atoms with Crippen LogP contribution in [0.4, 0.5) is 5.69 Å². The van der Waals surface area contributed by atoms with Crippen LogP contribution in [0, 0.1) is 0 Å². The van der Waals surface area contributed by atoms with E-state index in [1.165, 1.54) is 20.3 Å². The van der Waals surface area contributed by atoms with Crippen LogP contribution in [0.15, 0.2) is 60.7 Å². The Morgan fingerprint density at radius 3 is 2.26 bits per heavy atom. The van der Waals surface area contributed by atoms with Crippen molar-refractivity contribution in [3.05, 3.63) is 66.4 Å². The van der Waals surface area contributed by atoms with Crippen molar-refractivity contribution in [1.29, 1.82) is 0 Å². The van der Waals surface area contributed by atoms with Crippen LogP contribution in [0.1, 0.15) is 10.5 Å². The van der Waals surface area contributed by atoms with Crippen molar-refractivity contribution < 1.29 is 24.1 Å². The van der Waals surface area contributed by atoms with Gasteiger partial charge in [-0.3, -0.25) is 4.79 Å². The highest BCUT2D eigenvalue weighted by Gasteiger charge is 2.19. The van der Waals surface area contributed by atoms with E-state index in [4.69, 9.17) is 14.2 Å². The SMILES string of the molecule is COc1cc(OC)c(O)c(C(=O)Nc2ccc(Oc3ccccc3)cc2)n1. The molecule has 0 spiro atoms. The number of methoxy groups -OCH3 is 2. The number of hydrogen-bond acceptors (Lipinski definition) is 6. The smallest absolute Gasteiger partial charge is 0.278 e. The van der Waals surface area contributed by atoms with Crippen LogP contribution in [-0.4, -0.2) is 30.2 Å². The maximum Gasteiger partial charge on any atom is 0.278 e. The zero-order valence-corrected chi connectivity index (χ0v) is 14.8. The van der Waals surface area contributed by atoms with E-state index >= 15 is 0 Å². The minimum Gasteiger partial charge on any atom is -0.503 e. The molecule has 27 heavy (non-hydrogen) atoms. The number of aromatic hydroxyl groups is 1. The molecule has 0 saturated heterocycles. The van der Waals surface area contributed by atoms with Crippen molar-refractivity contribution in [2.45, 2.75) is 0 Å². The van der Waals surface area contributed by atoms with Crippen molar-refractivity contribution >= 4 is 11.6 Å². The molecule has 3 aromatic rings. The van der Waals surface area contributed by atoms with Gasteiger partial charge in [0, 0.05) is 11.8 Å². The Hall–Kier alpha value is -3.74. The first-order valence-corrected chi connectivity index (χ1v) is 8.07. The minimum atomic E-state index is -0.596. The van der Waals surface area contributed by atoms with Gasteiger partial charge in [0.2, 0.25) is 5.88 Å². The molecule has 0 atom stereocenters. The molecular weight excluding hydrogens is 348 g/mol. The lowest BCUT2D eigenvalue weighted by Crippen LogP contribution is -2.14. The molecule has 7 heteroatoms. The van der Waals surface area contributed by atoms with Crippen LogP contribution < -0.4 is 19.5 Å². The zero-order chi connectivity index (χ0) is 19.2. The van der Waals surface area contributed by atoms with E-state index in [0.717, 1.165) is 0 Å². The second kappa shape index (κ2) is 8.09. The second-order valence-electron chi connectivity index (χ2n) is 5.46. The molecule has 0 radical (unpaired) electrons. The predicted octanol–water partition coefficient (Wildman–Crippen LogP) is 3.85. The maximum atomic E-state index is 12.5. The van der Waals surface area contributed by atoms with Gasteiger partial charge in [-0.05, 0) is 36.4 Å². The summed E-state index contributed by atoms with van der Waals surface area (Å²) in [6.07, 6.45) is 0. The lowest BCUT2D eigenvalue weighted by Gasteiger charge is -2.11. The molecule has 0 fully saturated rings. The van der Waals surface area contributed by atoms with Crippen LogP contribution in [-0.2, 0) is 0 Å². The van der Waals surface area contributed by atoms with Crippen LogP contribution in [0.2, 0.25) is 0 Å². The first-order chi connectivity index (χ1) is 13.1. The molecule has 3 rings (SSSR count). The number of hydrogen-bond donors (Lipinski definition) is 2. The Labute approximate surface area is 156 Å². The van der Waals surface area contributed by atoms with E-state index in [1.807, 2.05) is 30.3 Å². The Balaban J connectivity index is 1.75. The maximum absolute atomic E-state index is 12.5. The fourth-order valence-corrected chi connectivity index (χ4v) is 2.33. The highest BCUT2D eigenvalue weighted by atomic mass is 16.5. The topological polar surface area (TPSA) is 89.9 Å². The van der Waals surface area contributed by atoms with E-state index in [9.17, 15) is 9.90 Å². The third-order valence-corrected chi connectivity index (χ3v) is 3.67. The van der Waals surface area contributed by atoms with Crippen LogP contribution in [0.3, 0.4) is 0 Å². The Morgan fingerprint density at radius 2 is 1.63 bits per heavy atom. The first-order valence-electron chi connectivity index (χ1n) is 8.07. The van der Waals surface area contributed by atoms with Crippen molar-refractivity contribution in [2.24, 2.45) is 0 Å². The lowest BCUT2D eigenvalue weighted by atomic mass is 10.2. The van der Waals surface area contributed by atoms with Gasteiger partial charge < -0.3 is 24.6 Å². The molecule has 2 N–H and O–H groups in total. The van der Waals surface area contributed by atoms with E-state index in [1.54, 1.807) is 24.3 Å². The molecule has 0 aliphatic carbocycles. The summed E-state index contributed by atoms with van der Waals surface area (Å²) in [6.45, 7) is 0. The Morgan fingerprint density at radius 1 is 0.963 bits per heavy atom. The number of pyridine rings is 1. The quantitative estimate of drug-likeness (QED) is 0.689. The van der Waals surface area contributed by atoms with Gasteiger partial charge in [-0.15, -0.1) is 0 Å². The Bertz CT molecular complexity index is 927. The molecule has 0 aliphatic rings. The fraction of sp³-hybridized carbons (Fsp3) is 0.100. The van der Waals surface area contributed by atoms with Crippen LogP contribution >= 0.6 is 0 Å². The number of aromatic nitrogens is 1. The normalized spacial score (nSPS) is 10.1. The first kappa shape index (κ1) is 18.1. The molecular formula is C20H18N2O5. The number of anilines is 1. The van der Waals surface area contributed by atoms with Crippen LogP contribution in [0.5, 0.6) is 28.9 Å². The largest absolute Gasteiger partial charge is 0.503 e. The Kier molecular flexibility index (Phi) is 5.41. The molecule has 1 aromatic heterocycles. The third-order valence-electron chi connectivity index (χ3n) is 3.67. The summed E-state index contributed by atoms with van der Waals surface area (Å²) < 4.78 is 15.8. The number of amides is 1. The summed E-state index contributed by atoms with van der Waals surface area (Å²) in [5.74, 6) is 0.636. The summed E-state index contributed by atoms with van der Waals surface area (Å²) in [7, 11) is 2.79. The highest BCUT2D eigenvalue weighted by Crippen LogP contribution is 2.32. The number of para-hydroxylation sites is 1. The van der Waals surface area contributed by atoms with Gasteiger partial charge >= 0.3 is 0 Å². The molecule has 1 amide bonds. The van der Waals surface area contributed by atoms with Crippen LogP contribution in [0.25, 0.3) is 0 Å². The number of benzene rings is 2. The van der Waals surface area contributed by atoms with Gasteiger partial charge in [0.15, 0.2) is 17.2 Å². The van der Waals surface area contributed by atoms with Crippen molar-refractivity contribution in [2.75, 3.05) is 19.5 Å². The number of nitrogens with zero attached hydrogens (tertiary/aromatic N) is 1. The molecule has 138 valence electrons. The molecule has 1 heterocycles. The summed E-state index contributed by atoms with van der Waals surface area (Å²) >= 11 is 0. The highest BCUT2D eigenvalue weighted by molar-refractivity contribution is 6.05. The number of carbonyl (C=O) groups is 1. The molecule has 0 unspecified atom stereocenters. The number of nitrogens with one attached hydrogen (secondary N) is 1. The fourth-order valence-electron chi connectivity index (χ4n) is 2.33. The predicted molar refractivity (Wildman–Crippen MR) is 99.9 cm³/mol. The van der Waals surface area contributed by atoms with Gasteiger partial charge in [0.05, 0.1) is 14.2 Å². The van der Waals surface area contributed by atoms with E-state index in [2.05, 4.69) is 10.3 Å². The third kappa shape index (κ3) is 4.27. The van der Waals surface area contributed by atoms with Crippen molar-refractivity contribution in [1.82, 2.24) is 4.98 Å². The minimum absolute atomic E-state index is 0.0959. The summed E-state index contributed by atoms with van der Waals surface area (Å²) in [6, 6.07) is 17.6. The van der Waals surface area contributed by atoms with E-state index in [0.29, 0.717) is 17.2 Å². The van der Waals surface area contributed by atoms with Crippen molar-refractivity contribution in [3.8, 4) is 28.9 Å². The van der Waals surface area contributed by atoms with Gasteiger partial charge in [-0.25, -0.2) is 4.98 Å². The summed E-state index contributed by atoms with van der Waals surface area (Å²) in [4.78, 5) is 16.5. The molecule has 7 nitrogen and oxygen atoms in total. The number of rotatable bonds is 6. The van der Waals surface area contributed by atoms with Gasteiger partial charge in [0.25, 0.3) is 5.91 Å². The average Bonchev–Trinajstić information content (AvgIpc) is 2.70. The van der Waals surface area contributed by atoms with E-state index < -0.39 is 5.91 Å². The molecule has 0 saturated carbocycles. The van der Waals surface area contributed by atoms with E-state index in [-0.39, 0.29) is 23.1 Å². The summed E-state index contributed by atoms with van der Waals surface area (Å²) in [5, 5.41) is 12.8. The molecule has 0 bridgehead atoms. The van der Waals surface area contributed by atoms with Crippen molar-refractivity contribution in [3.63, 3.8) is 0 Å². The lowest BCUT2D eigenvalue weighted by molar-refractivity contribution is 0.101. The average molecular weight is 366 g/mol. The second-order valence-corrected chi connectivity index (χ2v) is 5.46. The number of ether oxygens (including phenoxy) is 3.